The van der Waals surface area contributed by atoms with Crippen molar-refractivity contribution in [1.29, 1.82) is 0 Å². The summed E-state index contributed by atoms with van der Waals surface area (Å²) >= 11 is 14.9. The second-order valence-electron chi connectivity index (χ2n) is 7.25. The normalized spacial score (nSPS) is 10.2. The van der Waals surface area contributed by atoms with Crippen molar-refractivity contribution in [1.82, 2.24) is 11.9 Å². The molecule has 5 aromatic rings. The molecule has 0 bridgehead atoms. The number of hydrogen-bond donors (Lipinski definition) is 0. The zero-order chi connectivity index (χ0) is 27.7. The fourth-order valence-corrected chi connectivity index (χ4v) is 5.45. The van der Waals surface area contributed by atoms with Crippen molar-refractivity contribution < 1.29 is 4.92 Å². The topological polar surface area (TPSA) is 109 Å². The lowest BCUT2D eigenvalue weighted by Gasteiger charge is -2.01. The molecule has 0 radical (unpaired) electrons. The maximum Gasteiger partial charge on any atom is 0.269 e. The summed E-state index contributed by atoms with van der Waals surface area (Å²) in [5.41, 5.74) is 2.56. The van der Waals surface area contributed by atoms with Gasteiger partial charge in [0.05, 0.1) is 16.3 Å². The number of non-ortho nitro benzene ring substituents is 1. The van der Waals surface area contributed by atoms with Gasteiger partial charge in [-0.2, -0.15) is 0 Å². The Morgan fingerprint density at radius 1 is 0.816 bits per heavy atom. The van der Waals surface area contributed by atoms with Crippen LogP contribution >= 0.6 is 57.8 Å². The molecule has 0 atom stereocenters. The molecule has 5 rings (SSSR count). The van der Waals surface area contributed by atoms with Gasteiger partial charge in [-0.25, -0.2) is 11.9 Å². The van der Waals surface area contributed by atoms with Crippen molar-refractivity contribution in [2.75, 3.05) is 0 Å². The van der Waals surface area contributed by atoms with Crippen LogP contribution in [0.5, 0.6) is 0 Å². The Morgan fingerprint density at radius 3 is 1.82 bits per heavy atom. The van der Waals surface area contributed by atoms with Crippen LogP contribution in [0.2, 0.25) is 4.34 Å². The molecule has 0 aliphatic heterocycles. The maximum atomic E-state index is 11.4. The van der Waals surface area contributed by atoms with Crippen molar-refractivity contribution in [3.63, 3.8) is 0 Å². The number of halogens is 2. The molecule has 14 heteroatoms. The Bertz CT molecular complexity index is 1650. The van der Waals surface area contributed by atoms with E-state index >= 15 is 0 Å². The van der Waals surface area contributed by atoms with Gasteiger partial charge < -0.3 is 0 Å². The van der Waals surface area contributed by atoms with Gasteiger partial charge in [0.1, 0.15) is 10.3 Å². The van der Waals surface area contributed by atoms with Gasteiger partial charge in [-0.15, -0.1) is 11.6 Å². The molecule has 0 N–H and O–H groups in total. The number of benzene rings is 2. The first-order valence-electron chi connectivity index (χ1n) is 10.8. The van der Waals surface area contributed by atoms with E-state index in [4.69, 9.17) is 23.2 Å². The molecule has 0 saturated carbocycles. The largest absolute Gasteiger partial charge is 0.269 e. The molecule has 38 heavy (non-hydrogen) atoms. The van der Waals surface area contributed by atoms with Crippen molar-refractivity contribution >= 4 is 63.5 Å². The predicted octanol–water partition coefficient (Wildman–Crippen LogP) is 6.03. The Balaban J connectivity index is 0.000000166. The highest BCUT2D eigenvalue weighted by Crippen LogP contribution is 2.19. The van der Waals surface area contributed by atoms with Gasteiger partial charge in [-0.3, -0.25) is 24.5 Å². The predicted molar refractivity (Wildman–Crippen MR) is 155 cm³/mol. The summed E-state index contributed by atoms with van der Waals surface area (Å²) in [6, 6.07) is 18.4. The first-order chi connectivity index (χ1) is 18.2. The smallest absolute Gasteiger partial charge is 0.268 e. The van der Waals surface area contributed by atoms with E-state index < -0.39 is 4.92 Å². The minimum absolute atomic E-state index is 0.0144. The summed E-state index contributed by atoms with van der Waals surface area (Å²) in [5.74, 6) is 0. The number of nitrogens with zero attached hydrogens (tertiary/aromatic N) is 4. The van der Waals surface area contributed by atoms with Crippen molar-refractivity contribution in [3.05, 3.63) is 129 Å². The van der Waals surface area contributed by atoms with Crippen LogP contribution in [0.4, 0.5) is 5.69 Å². The summed E-state index contributed by atoms with van der Waals surface area (Å²) in [5, 5.41) is 14.0. The Hall–Kier alpha value is -3.29. The zero-order valence-corrected chi connectivity index (χ0v) is 23.7. The first kappa shape index (κ1) is 29.3. The molecule has 0 aliphatic rings. The number of aromatic nitrogens is 3. The second kappa shape index (κ2) is 14.0. The summed E-state index contributed by atoms with van der Waals surface area (Å²) < 4.78 is 4.89. The molecule has 3 aromatic heterocycles. The van der Waals surface area contributed by atoms with E-state index in [0.717, 1.165) is 23.6 Å². The lowest BCUT2D eigenvalue weighted by Crippen LogP contribution is -2.09. The fourth-order valence-electron chi connectivity index (χ4n) is 2.91. The van der Waals surface area contributed by atoms with Crippen LogP contribution in [0.1, 0.15) is 12.5 Å². The molecule has 0 aliphatic carbocycles. The number of hydrogen-bond acceptors (Lipinski definition) is 8. The van der Waals surface area contributed by atoms with Crippen LogP contribution in [-0.4, -0.2) is 16.8 Å². The number of rotatable bonds is 5. The Morgan fingerprint density at radius 2 is 1.39 bits per heavy atom. The molecule has 0 spiro atoms. The molecule has 2 aromatic carbocycles. The lowest BCUT2D eigenvalue weighted by molar-refractivity contribution is -0.384. The number of alkyl halides is 1. The minimum Gasteiger partial charge on any atom is -0.268 e. The van der Waals surface area contributed by atoms with Crippen LogP contribution in [0.3, 0.4) is 0 Å². The van der Waals surface area contributed by atoms with Crippen LogP contribution in [0.15, 0.2) is 91.9 Å². The molecule has 0 unspecified atom stereocenters. The third kappa shape index (κ3) is 7.85. The van der Waals surface area contributed by atoms with Gasteiger partial charge in [0.25, 0.3) is 22.4 Å². The third-order valence-electron chi connectivity index (χ3n) is 4.82. The highest BCUT2D eigenvalue weighted by atomic mass is 35.5. The van der Waals surface area contributed by atoms with Crippen LogP contribution in [0, 0.1) is 10.1 Å². The van der Waals surface area contributed by atoms with Crippen LogP contribution in [-0.2, 0) is 12.4 Å². The van der Waals surface area contributed by atoms with Gasteiger partial charge in [-0.1, -0.05) is 53.7 Å². The van der Waals surface area contributed by atoms with E-state index in [2.05, 4.69) is 19.1 Å². The van der Waals surface area contributed by atoms with Crippen LogP contribution < -0.4 is 16.7 Å². The fraction of sp³-hybridized carbons (Fsp3) is 0.125. The average Bonchev–Trinajstić information content (AvgIpc) is 3.64. The van der Waals surface area contributed by atoms with E-state index in [-0.39, 0.29) is 28.4 Å². The quantitative estimate of drug-likeness (QED) is 0.137. The van der Waals surface area contributed by atoms with E-state index in [1.165, 1.54) is 72.9 Å². The first-order valence-corrected chi connectivity index (χ1v) is 14.2. The van der Waals surface area contributed by atoms with Gasteiger partial charge >= 0.3 is 0 Å². The second-order valence-corrected chi connectivity index (χ2v) is 10.9. The average molecular weight is 612 g/mol. The van der Waals surface area contributed by atoms with Gasteiger partial charge in [0.15, 0.2) is 0 Å². The third-order valence-corrected chi connectivity index (χ3v) is 8.06. The Labute approximate surface area is 238 Å². The molecule has 198 valence electrons. The molecule has 0 fully saturated rings. The Kier molecular flexibility index (Phi) is 10.8. The van der Waals surface area contributed by atoms with E-state index in [9.17, 15) is 24.5 Å². The van der Waals surface area contributed by atoms with E-state index in [1.54, 1.807) is 20.8 Å². The van der Waals surface area contributed by atoms with Gasteiger partial charge in [-0.05, 0) is 47.8 Å². The van der Waals surface area contributed by atoms with Crippen LogP contribution in [0.25, 0.3) is 11.4 Å². The monoisotopic (exact) mass is 610 g/mol. The highest BCUT2D eigenvalue weighted by molar-refractivity contribution is 7.11. The maximum absolute atomic E-state index is 11.4. The molecule has 9 nitrogen and oxygen atoms in total. The summed E-state index contributed by atoms with van der Waals surface area (Å²) in [6.45, 7) is 2.12. The van der Waals surface area contributed by atoms with E-state index in [1.807, 2.05) is 12.1 Å². The molecule has 0 saturated heterocycles. The number of aryl methyl sites for hydroxylation is 1. The SMILES string of the molecule is CCc1ccc(-n2sccc2=O)cc1.O=c1cc(Cl)sn1-c1ccc([N+](=O)[O-])cc1.O=c1ccsn1CCl. The molecule has 3 heterocycles. The lowest BCUT2D eigenvalue weighted by atomic mass is 10.1. The molecular formula is C24H20Cl2N4O5S3. The zero-order valence-electron chi connectivity index (χ0n) is 19.7. The molecular weight excluding hydrogens is 591 g/mol. The summed E-state index contributed by atoms with van der Waals surface area (Å²) in [4.78, 5) is 43.2. The van der Waals surface area contributed by atoms with Crippen molar-refractivity contribution in [2.24, 2.45) is 0 Å². The molecule has 0 amide bonds. The number of nitro benzene ring substituents is 1. The van der Waals surface area contributed by atoms with E-state index in [0.29, 0.717) is 10.0 Å². The summed E-state index contributed by atoms with van der Waals surface area (Å²) in [7, 11) is 0. The van der Waals surface area contributed by atoms with Gasteiger partial charge in [0, 0.05) is 41.1 Å². The van der Waals surface area contributed by atoms with Crippen molar-refractivity contribution in [3.8, 4) is 11.4 Å². The van der Waals surface area contributed by atoms with Gasteiger partial charge in [0.2, 0.25) is 0 Å². The standard InChI is InChI=1S/C11H11NOS.C9H5ClN2O3S.C4H4ClNOS/c1-2-9-3-5-10(6-4-9)12-11(13)7-8-14-12;10-8-5-9(13)11(16-8)6-1-3-7(4-2-6)12(14)15;5-3-6-4(7)1-2-8-6/h3-8H,2H2,1H3;1-5H;1-2H,3H2. The summed E-state index contributed by atoms with van der Waals surface area (Å²) in [6.07, 6.45) is 1.03. The number of nitro groups is 1. The van der Waals surface area contributed by atoms with Crippen molar-refractivity contribution in [2.45, 2.75) is 19.3 Å². The highest BCUT2D eigenvalue weighted by Gasteiger charge is 2.08. The minimum atomic E-state index is -0.492.